The Morgan fingerprint density at radius 2 is 1.88 bits per heavy atom. The maximum Gasteiger partial charge on any atom is 0.276 e. The predicted molar refractivity (Wildman–Crippen MR) is 66.3 cm³/mol. The molecular weight excluding hydrogens is 222 g/mol. The highest BCUT2D eigenvalue weighted by Gasteiger charge is 2.03. The lowest BCUT2D eigenvalue weighted by Crippen LogP contribution is -1.95. The summed E-state index contributed by atoms with van der Waals surface area (Å²) in [5.74, 6) is 1.57. The molecule has 92 valence electrons. The maximum absolute atomic E-state index is 5.38. The van der Waals surface area contributed by atoms with Crippen LogP contribution in [-0.4, -0.2) is 16.0 Å². The van der Waals surface area contributed by atoms with Gasteiger partial charge in [-0.25, -0.2) is 0 Å². The van der Waals surface area contributed by atoms with E-state index in [2.05, 4.69) is 17.1 Å². The first kappa shape index (κ1) is 13.5. The van der Waals surface area contributed by atoms with Gasteiger partial charge in [0.25, 0.3) is 5.22 Å². The van der Waals surface area contributed by atoms with Gasteiger partial charge in [-0.2, -0.15) is 0 Å². The fraction of sp³-hybridized carbons (Fsp3) is 0.818. The van der Waals surface area contributed by atoms with Crippen molar-refractivity contribution in [3.8, 4) is 0 Å². The fourth-order valence-corrected chi connectivity index (χ4v) is 2.20. The van der Waals surface area contributed by atoms with Crippen molar-refractivity contribution >= 4 is 11.8 Å². The molecule has 0 atom stereocenters. The molecule has 1 aromatic rings. The van der Waals surface area contributed by atoms with E-state index in [9.17, 15) is 0 Å². The third-order valence-electron chi connectivity index (χ3n) is 2.35. The average Bonchev–Trinajstić information content (AvgIpc) is 2.76. The van der Waals surface area contributed by atoms with E-state index < -0.39 is 0 Å². The van der Waals surface area contributed by atoms with Crippen LogP contribution in [0, 0.1) is 0 Å². The van der Waals surface area contributed by atoms with Gasteiger partial charge < -0.3 is 10.2 Å². The van der Waals surface area contributed by atoms with E-state index in [-0.39, 0.29) is 0 Å². The lowest BCUT2D eigenvalue weighted by molar-refractivity contribution is 0.414. The Morgan fingerprint density at radius 3 is 2.56 bits per heavy atom. The molecule has 0 spiro atoms. The molecule has 1 aromatic heterocycles. The van der Waals surface area contributed by atoms with Gasteiger partial charge in [0.2, 0.25) is 5.89 Å². The number of unbranched alkanes of at least 4 members (excludes halogenated alkanes) is 5. The summed E-state index contributed by atoms with van der Waals surface area (Å²) in [6, 6.07) is 0. The standard InChI is InChI=1S/C11H21N3OS/c1-2-3-4-5-6-7-8-16-11-14-13-10(9-12)15-11/h2-9,12H2,1H3. The number of thioether (sulfide) groups is 1. The van der Waals surface area contributed by atoms with E-state index in [1.54, 1.807) is 11.8 Å². The van der Waals surface area contributed by atoms with Crippen molar-refractivity contribution in [2.24, 2.45) is 5.73 Å². The number of rotatable bonds is 9. The van der Waals surface area contributed by atoms with Gasteiger partial charge in [-0.3, -0.25) is 0 Å². The molecule has 5 heteroatoms. The van der Waals surface area contributed by atoms with E-state index in [1.165, 1.54) is 38.5 Å². The largest absolute Gasteiger partial charge is 0.415 e. The van der Waals surface area contributed by atoms with Crippen LogP contribution >= 0.6 is 11.8 Å². The van der Waals surface area contributed by atoms with Crippen molar-refractivity contribution in [3.63, 3.8) is 0 Å². The second-order valence-corrected chi connectivity index (χ2v) is 4.83. The van der Waals surface area contributed by atoms with E-state index in [0.29, 0.717) is 17.7 Å². The molecule has 1 rings (SSSR count). The Morgan fingerprint density at radius 1 is 1.12 bits per heavy atom. The third kappa shape index (κ3) is 5.51. The highest BCUT2D eigenvalue weighted by molar-refractivity contribution is 7.99. The zero-order valence-electron chi connectivity index (χ0n) is 9.95. The first-order valence-corrected chi connectivity index (χ1v) is 7.00. The first-order chi connectivity index (χ1) is 7.86. The average molecular weight is 243 g/mol. The Kier molecular flexibility index (Phi) is 7.25. The van der Waals surface area contributed by atoms with E-state index in [1.807, 2.05) is 0 Å². The Hall–Kier alpha value is -0.550. The van der Waals surface area contributed by atoms with Crippen LogP contribution in [0.2, 0.25) is 0 Å². The summed E-state index contributed by atoms with van der Waals surface area (Å²) in [7, 11) is 0. The fourth-order valence-electron chi connectivity index (χ4n) is 1.42. The Labute approximate surface area is 101 Å². The Bertz CT molecular complexity index is 278. The van der Waals surface area contributed by atoms with Gasteiger partial charge in [0.1, 0.15) is 0 Å². The quantitative estimate of drug-likeness (QED) is 0.533. The smallest absolute Gasteiger partial charge is 0.276 e. The van der Waals surface area contributed by atoms with Crippen LogP contribution in [0.25, 0.3) is 0 Å². The predicted octanol–water partition coefficient (Wildman–Crippen LogP) is 2.98. The molecule has 2 N–H and O–H groups in total. The SMILES string of the molecule is CCCCCCCCSc1nnc(CN)o1. The second kappa shape index (κ2) is 8.58. The van der Waals surface area contributed by atoms with Crippen molar-refractivity contribution in [2.45, 2.75) is 57.2 Å². The molecule has 0 aliphatic rings. The van der Waals surface area contributed by atoms with Gasteiger partial charge in [-0.05, 0) is 6.42 Å². The molecule has 0 bridgehead atoms. The van der Waals surface area contributed by atoms with Crippen LogP contribution in [0.3, 0.4) is 0 Å². The lowest BCUT2D eigenvalue weighted by Gasteiger charge is -1.98. The zero-order chi connectivity index (χ0) is 11.6. The number of hydrogen-bond acceptors (Lipinski definition) is 5. The first-order valence-electron chi connectivity index (χ1n) is 6.02. The highest BCUT2D eigenvalue weighted by atomic mass is 32.2. The van der Waals surface area contributed by atoms with Crippen LogP contribution < -0.4 is 5.73 Å². The van der Waals surface area contributed by atoms with Gasteiger partial charge in [0.15, 0.2) is 0 Å². The molecular formula is C11H21N3OS. The zero-order valence-corrected chi connectivity index (χ0v) is 10.8. The summed E-state index contributed by atoms with van der Waals surface area (Å²) in [5.41, 5.74) is 5.38. The van der Waals surface area contributed by atoms with Crippen LogP contribution in [0.4, 0.5) is 0 Å². The second-order valence-electron chi connectivity index (χ2n) is 3.78. The number of nitrogens with two attached hydrogens (primary N) is 1. The van der Waals surface area contributed by atoms with Crippen molar-refractivity contribution in [3.05, 3.63) is 5.89 Å². The van der Waals surface area contributed by atoms with Crippen molar-refractivity contribution in [2.75, 3.05) is 5.75 Å². The third-order valence-corrected chi connectivity index (χ3v) is 3.25. The molecule has 0 saturated carbocycles. The molecule has 4 nitrogen and oxygen atoms in total. The van der Waals surface area contributed by atoms with Crippen LogP contribution in [0.15, 0.2) is 9.64 Å². The number of aromatic nitrogens is 2. The van der Waals surface area contributed by atoms with Crippen molar-refractivity contribution in [1.82, 2.24) is 10.2 Å². The van der Waals surface area contributed by atoms with Gasteiger partial charge >= 0.3 is 0 Å². The minimum Gasteiger partial charge on any atom is -0.415 e. The van der Waals surface area contributed by atoms with E-state index in [4.69, 9.17) is 10.2 Å². The van der Waals surface area contributed by atoms with Gasteiger partial charge in [0, 0.05) is 5.75 Å². The molecule has 0 aliphatic heterocycles. The molecule has 0 fully saturated rings. The summed E-state index contributed by atoms with van der Waals surface area (Å²) in [6.07, 6.45) is 7.88. The van der Waals surface area contributed by atoms with E-state index in [0.717, 1.165) is 5.75 Å². The molecule has 0 aromatic carbocycles. The Balaban J connectivity index is 1.98. The summed E-state index contributed by atoms with van der Waals surface area (Å²) >= 11 is 1.62. The molecule has 1 heterocycles. The van der Waals surface area contributed by atoms with Crippen LogP contribution in [0.1, 0.15) is 51.3 Å². The summed E-state index contributed by atoms with van der Waals surface area (Å²) in [6.45, 7) is 2.56. The monoisotopic (exact) mass is 243 g/mol. The van der Waals surface area contributed by atoms with Gasteiger partial charge in [-0.1, -0.05) is 50.8 Å². The topological polar surface area (TPSA) is 64.9 Å². The summed E-state index contributed by atoms with van der Waals surface area (Å²) in [5, 5.41) is 8.36. The molecule has 0 saturated heterocycles. The maximum atomic E-state index is 5.38. The van der Waals surface area contributed by atoms with Gasteiger partial charge in [0.05, 0.1) is 6.54 Å². The lowest BCUT2D eigenvalue weighted by atomic mass is 10.1. The van der Waals surface area contributed by atoms with Crippen LogP contribution in [0.5, 0.6) is 0 Å². The molecule has 0 amide bonds. The minimum absolute atomic E-state index is 0.324. The number of hydrogen-bond donors (Lipinski definition) is 1. The normalized spacial score (nSPS) is 10.9. The summed E-state index contributed by atoms with van der Waals surface area (Å²) in [4.78, 5) is 0. The van der Waals surface area contributed by atoms with Crippen molar-refractivity contribution < 1.29 is 4.42 Å². The molecule has 16 heavy (non-hydrogen) atoms. The van der Waals surface area contributed by atoms with Crippen molar-refractivity contribution in [1.29, 1.82) is 0 Å². The van der Waals surface area contributed by atoms with Crippen LogP contribution in [-0.2, 0) is 6.54 Å². The van der Waals surface area contributed by atoms with E-state index >= 15 is 0 Å². The number of nitrogens with zero attached hydrogens (tertiary/aromatic N) is 2. The molecule has 0 unspecified atom stereocenters. The minimum atomic E-state index is 0.324. The highest BCUT2D eigenvalue weighted by Crippen LogP contribution is 2.18. The molecule has 0 radical (unpaired) electrons. The molecule has 0 aliphatic carbocycles. The summed E-state index contributed by atoms with van der Waals surface area (Å²) < 4.78 is 5.29. The van der Waals surface area contributed by atoms with Gasteiger partial charge in [-0.15, -0.1) is 10.2 Å².